The van der Waals surface area contributed by atoms with Gasteiger partial charge in [0, 0.05) is 5.92 Å². The standard InChI is InChI=1S/C8H14O2.C2H6/c1-3-6-5-10-8(9)7(6)4-2;1-2/h6-7H,3-5H2,1-2H3;1-2H3. The summed E-state index contributed by atoms with van der Waals surface area (Å²) in [5.74, 6) is 0.678. The molecule has 0 radical (unpaired) electrons. The zero-order valence-corrected chi connectivity index (χ0v) is 8.59. The average molecular weight is 172 g/mol. The first kappa shape index (κ1) is 11.5. The van der Waals surface area contributed by atoms with Crippen molar-refractivity contribution in [3.63, 3.8) is 0 Å². The van der Waals surface area contributed by atoms with Crippen LogP contribution in [0.1, 0.15) is 40.5 Å². The Morgan fingerprint density at radius 3 is 2.25 bits per heavy atom. The number of ether oxygens (including phenoxy) is 1. The molecule has 72 valence electrons. The minimum Gasteiger partial charge on any atom is -0.465 e. The van der Waals surface area contributed by atoms with E-state index >= 15 is 0 Å². The predicted octanol–water partition coefficient (Wildman–Crippen LogP) is 2.62. The Hall–Kier alpha value is -0.530. The van der Waals surface area contributed by atoms with Crippen molar-refractivity contribution in [1.29, 1.82) is 0 Å². The van der Waals surface area contributed by atoms with Gasteiger partial charge in [-0.3, -0.25) is 4.79 Å². The molecule has 2 nitrogen and oxygen atoms in total. The molecule has 0 aromatic carbocycles. The van der Waals surface area contributed by atoms with Crippen molar-refractivity contribution in [2.45, 2.75) is 40.5 Å². The predicted molar refractivity (Wildman–Crippen MR) is 49.9 cm³/mol. The Kier molecular flexibility index (Phi) is 5.77. The average Bonchev–Trinajstić information content (AvgIpc) is 2.49. The third kappa shape index (κ3) is 2.50. The number of esters is 1. The second-order valence-electron chi connectivity index (χ2n) is 2.81. The van der Waals surface area contributed by atoms with E-state index < -0.39 is 0 Å². The minimum atomic E-state index is 0.00866. The monoisotopic (exact) mass is 172 g/mol. The van der Waals surface area contributed by atoms with Crippen molar-refractivity contribution in [2.24, 2.45) is 11.8 Å². The summed E-state index contributed by atoms with van der Waals surface area (Å²) in [4.78, 5) is 11.0. The van der Waals surface area contributed by atoms with Crippen LogP contribution >= 0.6 is 0 Å². The molecule has 1 heterocycles. The highest BCUT2D eigenvalue weighted by atomic mass is 16.5. The van der Waals surface area contributed by atoms with E-state index in [2.05, 4.69) is 6.92 Å². The van der Waals surface area contributed by atoms with Gasteiger partial charge in [-0.25, -0.2) is 0 Å². The normalized spacial score (nSPS) is 27.5. The minimum absolute atomic E-state index is 0.00866. The van der Waals surface area contributed by atoms with Crippen molar-refractivity contribution >= 4 is 5.97 Å². The van der Waals surface area contributed by atoms with Gasteiger partial charge in [-0.05, 0) is 12.8 Å². The fourth-order valence-electron chi connectivity index (χ4n) is 1.51. The van der Waals surface area contributed by atoms with Crippen molar-refractivity contribution < 1.29 is 9.53 Å². The topological polar surface area (TPSA) is 26.3 Å². The van der Waals surface area contributed by atoms with Crippen molar-refractivity contribution in [2.75, 3.05) is 6.61 Å². The molecule has 0 aromatic heterocycles. The van der Waals surface area contributed by atoms with Gasteiger partial charge in [-0.2, -0.15) is 0 Å². The van der Waals surface area contributed by atoms with Crippen LogP contribution in [-0.2, 0) is 9.53 Å². The van der Waals surface area contributed by atoms with Gasteiger partial charge in [0.2, 0.25) is 0 Å². The fourth-order valence-corrected chi connectivity index (χ4v) is 1.51. The number of carbonyl (C=O) groups excluding carboxylic acids is 1. The summed E-state index contributed by atoms with van der Waals surface area (Å²) in [6.07, 6.45) is 1.99. The van der Waals surface area contributed by atoms with E-state index in [0.717, 1.165) is 12.8 Å². The first-order valence-corrected chi connectivity index (χ1v) is 4.96. The Morgan fingerprint density at radius 1 is 1.33 bits per heavy atom. The van der Waals surface area contributed by atoms with E-state index in [1.807, 2.05) is 20.8 Å². The summed E-state index contributed by atoms with van der Waals surface area (Å²) in [5, 5.41) is 0. The third-order valence-corrected chi connectivity index (χ3v) is 2.28. The van der Waals surface area contributed by atoms with Crippen LogP contribution in [0, 0.1) is 11.8 Å². The van der Waals surface area contributed by atoms with Crippen LogP contribution in [-0.4, -0.2) is 12.6 Å². The molecule has 0 aromatic rings. The number of carbonyl (C=O) groups is 1. The van der Waals surface area contributed by atoms with Gasteiger partial charge < -0.3 is 4.74 Å². The third-order valence-electron chi connectivity index (χ3n) is 2.28. The molecule has 1 aliphatic heterocycles. The summed E-state index contributed by atoms with van der Waals surface area (Å²) in [6, 6.07) is 0. The van der Waals surface area contributed by atoms with Crippen molar-refractivity contribution in [1.82, 2.24) is 0 Å². The van der Waals surface area contributed by atoms with Gasteiger partial charge in [0.1, 0.15) is 0 Å². The Labute approximate surface area is 75.3 Å². The van der Waals surface area contributed by atoms with Crippen LogP contribution in [0.3, 0.4) is 0 Å². The van der Waals surface area contributed by atoms with Crippen molar-refractivity contribution in [3.8, 4) is 0 Å². The molecule has 0 bridgehead atoms. The zero-order valence-electron chi connectivity index (χ0n) is 8.59. The summed E-state index contributed by atoms with van der Waals surface area (Å²) >= 11 is 0. The van der Waals surface area contributed by atoms with Crippen LogP contribution in [0.4, 0.5) is 0 Å². The lowest BCUT2D eigenvalue weighted by atomic mass is 9.91. The molecule has 1 saturated heterocycles. The summed E-state index contributed by atoms with van der Waals surface area (Å²) < 4.78 is 4.92. The van der Waals surface area contributed by atoms with E-state index in [0.29, 0.717) is 12.5 Å². The Balaban J connectivity index is 0.000000561. The lowest BCUT2D eigenvalue weighted by Crippen LogP contribution is -2.13. The molecule has 2 heteroatoms. The van der Waals surface area contributed by atoms with E-state index in [9.17, 15) is 4.79 Å². The molecule has 0 N–H and O–H groups in total. The quantitative estimate of drug-likeness (QED) is 0.598. The van der Waals surface area contributed by atoms with Crippen LogP contribution in [0.15, 0.2) is 0 Å². The molecule has 0 aliphatic carbocycles. The number of hydrogen-bond acceptors (Lipinski definition) is 2. The molecule has 2 atom stereocenters. The molecule has 12 heavy (non-hydrogen) atoms. The van der Waals surface area contributed by atoms with Gasteiger partial charge in [-0.1, -0.05) is 27.7 Å². The summed E-state index contributed by atoms with van der Waals surface area (Å²) in [7, 11) is 0. The van der Waals surface area contributed by atoms with Crippen LogP contribution in [0.5, 0.6) is 0 Å². The SMILES string of the molecule is CC.CCC1COC(=O)C1CC. The Bertz CT molecular complexity index is 132. The van der Waals surface area contributed by atoms with Gasteiger partial charge in [-0.15, -0.1) is 0 Å². The molecule has 1 rings (SSSR count). The highest BCUT2D eigenvalue weighted by Crippen LogP contribution is 2.26. The number of hydrogen-bond donors (Lipinski definition) is 0. The molecule has 0 amide bonds. The van der Waals surface area contributed by atoms with E-state index in [1.165, 1.54) is 0 Å². The van der Waals surface area contributed by atoms with Gasteiger partial charge in [0.15, 0.2) is 0 Å². The molecule has 0 spiro atoms. The molecule has 2 unspecified atom stereocenters. The summed E-state index contributed by atoms with van der Waals surface area (Å²) in [6.45, 7) is 8.79. The zero-order chi connectivity index (χ0) is 9.56. The smallest absolute Gasteiger partial charge is 0.309 e. The van der Waals surface area contributed by atoms with E-state index in [4.69, 9.17) is 4.74 Å². The highest BCUT2D eigenvalue weighted by Gasteiger charge is 2.33. The van der Waals surface area contributed by atoms with E-state index in [-0.39, 0.29) is 11.9 Å². The number of cyclic esters (lactones) is 1. The van der Waals surface area contributed by atoms with Gasteiger partial charge in [0.25, 0.3) is 0 Å². The number of rotatable bonds is 2. The second-order valence-corrected chi connectivity index (χ2v) is 2.81. The maximum atomic E-state index is 11.0. The maximum absolute atomic E-state index is 11.0. The first-order valence-electron chi connectivity index (χ1n) is 4.96. The molecule has 0 saturated carbocycles. The Morgan fingerprint density at radius 2 is 1.92 bits per heavy atom. The second kappa shape index (κ2) is 6.04. The van der Waals surface area contributed by atoms with Gasteiger partial charge >= 0.3 is 5.97 Å². The maximum Gasteiger partial charge on any atom is 0.309 e. The molecular weight excluding hydrogens is 152 g/mol. The van der Waals surface area contributed by atoms with Crippen LogP contribution in [0.25, 0.3) is 0 Å². The fraction of sp³-hybridized carbons (Fsp3) is 0.900. The van der Waals surface area contributed by atoms with Crippen LogP contribution < -0.4 is 0 Å². The van der Waals surface area contributed by atoms with Crippen molar-refractivity contribution in [3.05, 3.63) is 0 Å². The van der Waals surface area contributed by atoms with Gasteiger partial charge in [0.05, 0.1) is 12.5 Å². The lowest BCUT2D eigenvalue weighted by molar-refractivity contribution is -0.141. The summed E-state index contributed by atoms with van der Waals surface area (Å²) in [5.41, 5.74) is 0. The highest BCUT2D eigenvalue weighted by molar-refractivity contribution is 5.74. The van der Waals surface area contributed by atoms with E-state index in [1.54, 1.807) is 0 Å². The molecular formula is C10H20O2. The molecule has 1 fully saturated rings. The van der Waals surface area contributed by atoms with Crippen LogP contribution in [0.2, 0.25) is 0 Å². The first-order chi connectivity index (χ1) is 5.79. The lowest BCUT2D eigenvalue weighted by Gasteiger charge is -2.08. The molecule has 1 aliphatic rings. The largest absolute Gasteiger partial charge is 0.465 e.